The normalized spacial score (nSPS) is 12.4. The van der Waals surface area contributed by atoms with Gasteiger partial charge in [-0.3, -0.25) is 4.79 Å². The number of H-pyrrole nitrogens is 1. The van der Waals surface area contributed by atoms with Crippen molar-refractivity contribution in [3.8, 4) is 0 Å². The van der Waals surface area contributed by atoms with Gasteiger partial charge in [0, 0.05) is 30.1 Å². The van der Waals surface area contributed by atoms with Crippen molar-refractivity contribution >= 4 is 11.8 Å². The summed E-state index contributed by atoms with van der Waals surface area (Å²) in [5.41, 5.74) is 6.61. The Kier molecular flexibility index (Phi) is 3.55. The second-order valence-corrected chi connectivity index (χ2v) is 4.51. The molecule has 0 amide bonds. The minimum absolute atomic E-state index is 0.110. The fraction of sp³-hybridized carbons (Fsp3) is 0.182. The SMILES string of the molecule is CC(N)c1cccnc1Sc1nccc(=O)[nH]1. The highest BCUT2D eigenvalue weighted by molar-refractivity contribution is 7.99. The molecule has 5 nitrogen and oxygen atoms in total. The van der Waals surface area contributed by atoms with Crippen molar-refractivity contribution in [2.24, 2.45) is 5.73 Å². The van der Waals surface area contributed by atoms with Crippen molar-refractivity contribution in [1.82, 2.24) is 15.0 Å². The van der Waals surface area contributed by atoms with Crippen LogP contribution in [0.3, 0.4) is 0 Å². The number of rotatable bonds is 3. The van der Waals surface area contributed by atoms with Gasteiger partial charge in [-0.15, -0.1) is 0 Å². The summed E-state index contributed by atoms with van der Waals surface area (Å²) in [5.74, 6) is 0. The molecule has 0 aromatic carbocycles. The molecule has 88 valence electrons. The third kappa shape index (κ3) is 2.92. The molecule has 2 aromatic heterocycles. The maximum Gasteiger partial charge on any atom is 0.251 e. The highest BCUT2D eigenvalue weighted by atomic mass is 32.2. The molecule has 2 aromatic rings. The van der Waals surface area contributed by atoms with Gasteiger partial charge in [-0.25, -0.2) is 9.97 Å². The van der Waals surface area contributed by atoms with Crippen molar-refractivity contribution in [3.05, 3.63) is 46.5 Å². The van der Waals surface area contributed by atoms with Gasteiger partial charge in [0.1, 0.15) is 5.03 Å². The van der Waals surface area contributed by atoms with E-state index in [0.29, 0.717) is 5.16 Å². The number of pyridine rings is 1. The van der Waals surface area contributed by atoms with Crippen LogP contribution in [-0.4, -0.2) is 15.0 Å². The second kappa shape index (κ2) is 5.11. The number of nitrogens with one attached hydrogen (secondary N) is 1. The largest absolute Gasteiger partial charge is 0.324 e. The number of nitrogens with two attached hydrogens (primary N) is 1. The summed E-state index contributed by atoms with van der Waals surface area (Å²) in [6, 6.07) is 5.02. The fourth-order valence-corrected chi connectivity index (χ4v) is 2.26. The molecule has 6 heteroatoms. The van der Waals surface area contributed by atoms with E-state index in [2.05, 4.69) is 15.0 Å². The van der Waals surface area contributed by atoms with E-state index in [4.69, 9.17) is 5.73 Å². The molecular formula is C11H12N4OS. The first kappa shape index (κ1) is 11.8. The molecule has 0 saturated carbocycles. The fourth-order valence-electron chi connectivity index (χ4n) is 1.33. The van der Waals surface area contributed by atoms with Crippen LogP contribution in [0.5, 0.6) is 0 Å². The van der Waals surface area contributed by atoms with Gasteiger partial charge >= 0.3 is 0 Å². The molecule has 2 heterocycles. The first-order chi connectivity index (χ1) is 8.16. The van der Waals surface area contributed by atoms with Crippen LogP contribution in [0, 0.1) is 0 Å². The van der Waals surface area contributed by atoms with E-state index in [-0.39, 0.29) is 11.6 Å². The first-order valence-electron chi connectivity index (χ1n) is 5.10. The van der Waals surface area contributed by atoms with Gasteiger partial charge in [-0.2, -0.15) is 0 Å². The lowest BCUT2D eigenvalue weighted by Crippen LogP contribution is -2.08. The Labute approximate surface area is 103 Å². The zero-order valence-corrected chi connectivity index (χ0v) is 10.1. The van der Waals surface area contributed by atoms with Crippen molar-refractivity contribution < 1.29 is 0 Å². The number of hydrogen-bond donors (Lipinski definition) is 2. The van der Waals surface area contributed by atoms with Crippen LogP contribution in [0.1, 0.15) is 18.5 Å². The average molecular weight is 248 g/mol. The van der Waals surface area contributed by atoms with Gasteiger partial charge in [-0.05, 0) is 24.8 Å². The molecule has 0 spiro atoms. The summed E-state index contributed by atoms with van der Waals surface area (Å²) in [5, 5.41) is 1.27. The Morgan fingerprint density at radius 2 is 2.18 bits per heavy atom. The molecule has 0 bridgehead atoms. The van der Waals surface area contributed by atoms with Crippen LogP contribution >= 0.6 is 11.8 Å². The monoisotopic (exact) mass is 248 g/mol. The third-order valence-electron chi connectivity index (χ3n) is 2.13. The van der Waals surface area contributed by atoms with Crippen molar-refractivity contribution in [3.63, 3.8) is 0 Å². The van der Waals surface area contributed by atoms with Crippen LogP contribution in [0.4, 0.5) is 0 Å². The molecule has 1 unspecified atom stereocenters. The summed E-state index contributed by atoms with van der Waals surface area (Å²) >= 11 is 1.30. The van der Waals surface area contributed by atoms with Crippen molar-refractivity contribution in [2.75, 3.05) is 0 Å². The van der Waals surface area contributed by atoms with Gasteiger partial charge < -0.3 is 10.7 Å². The van der Waals surface area contributed by atoms with E-state index < -0.39 is 0 Å². The van der Waals surface area contributed by atoms with Crippen LogP contribution in [-0.2, 0) is 0 Å². The predicted octanol–water partition coefficient (Wildman–Crippen LogP) is 1.34. The smallest absolute Gasteiger partial charge is 0.251 e. The lowest BCUT2D eigenvalue weighted by Gasteiger charge is -2.09. The molecule has 1 atom stereocenters. The van der Waals surface area contributed by atoms with Gasteiger partial charge in [-0.1, -0.05) is 6.07 Å². The first-order valence-corrected chi connectivity index (χ1v) is 5.92. The van der Waals surface area contributed by atoms with E-state index in [0.717, 1.165) is 10.6 Å². The van der Waals surface area contributed by atoms with E-state index >= 15 is 0 Å². The minimum Gasteiger partial charge on any atom is -0.324 e. The summed E-state index contributed by atoms with van der Waals surface area (Å²) in [6.45, 7) is 1.89. The predicted molar refractivity (Wildman–Crippen MR) is 65.8 cm³/mol. The van der Waals surface area contributed by atoms with Crippen molar-refractivity contribution in [1.29, 1.82) is 0 Å². The Morgan fingerprint density at radius 3 is 2.88 bits per heavy atom. The van der Waals surface area contributed by atoms with E-state index in [1.165, 1.54) is 24.0 Å². The number of hydrogen-bond acceptors (Lipinski definition) is 5. The molecule has 17 heavy (non-hydrogen) atoms. The van der Waals surface area contributed by atoms with Crippen molar-refractivity contribution in [2.45, 2.75) is 23.1 Å². The van der Waals surface area contributed by atoms with E-state index in [1.54, 1.807) is 6.20 Å². The third-order valence-corrected chi connectivity index (χ3v) is 3.07. The average Bonchev–Trinajstić information content (AvgIpc) is 2.29. The molecule has 0 radical (unpaired) electrons. The van der Waals surface area contributed by atoms with Crippen LogP contribution in [0.25, 0.3) is 0 Å². The van der Waals surface area contributed by atoms with E-state index in [9.17, 15) is 4.79 Å². The summed E-state index contributed by atoms with van der Waals surface area (Å²) < 4.78 is 0. The molecule has 0 aliphatic carbocycles. The highest BCUT2D eigenvalue weighted by Gasteiger charge is 2.09. The Hall–Kier alpha value is -1.66. The molecule has 0 fully saturated rings. The standard InChI is InChI=1S/C11H12N4OS/c1-7(12)8-3-2-5-13-10(8)17-11-14-6-4-9(16)15-11/h2-7H,12H2,1H3,(H,14,15,16). The Balaban J connectivity index is 2.33. The Bertz CT molecular complexity index is 567. The van der Waals surface area contributed by atoms with Crippen LogP contribution < -0.4 is 11.3 Å². The molecule has 0 aliphatic rings. The molecule has 0 aliphatic heterocycles. The van der Waals surface area contributed by atoms with Gasteiger partial charge in [0.05, 0.1) is 0 Å². The zero-order valence-electron chi connectivity index (χ0n) is 9.25. The molecule has 2 rings (SSSR count). The lowest BCUT2D eigenvalue weighted by molar-refractivity contribution is 0.778. The van der Waals surface area contributed by atoms with Gasteiger partial charge in [0.2, 0.25) is 0 Å². The molecular weight excluding hydrogens is 236 g/mol. The Morgan fingerprint density at radius 1 is 1.35 bits per heavy atom. The van der Waals surface area contributed by atoms with Crippen LogP contribution in [0.2, 0.25) is 0 Å². The lowest BCUT2D eigenvalue weighted by atomic mass is 10.2. The summed E-state index contributed by atoms with van der Waals surface area (Å²) in [6.07, 6.45) is 3.16. The molecule has 3 N–H and O–H groups in total. The summed E-state index contributed by atoms with van der Waals surface area (Å²) in [4.78, 5) is 22.1. The highest BCUT2D eigenvalue weighted by Crippen LogP contribution is 2.27. The van der Waals surface area contributed by atoms with Gasteiger partial charge in [0.15, 0.2) is 5.16 Å². The zero-order chi connectivity index (χ0) is 12.3. The maximum atomic E-state index is 11.1. The topological polar surface area (TPSA) is 84.7 Å². The molecule has 0 saturated heterocycles. The minimum atomic E-state index is -0.180. The number of aromatic amines is 1. The maximum absolute atomic E-state index is 11.1. The number of nitrogens with zero attached hydrogens (tertiary/aromatic N) is 2. The second-order valence-electron chi connectivity index (χ2n) is 3.53. The van der Waals surface area contributed by atoms with Gasteiger partial charge in [0.25, 0.3) is 5.56 Å². The quantitative estimate of drug-likeness (QED) is 0.801. The van der Waals surface area contributed by atoms with E-state index in [1.807, 2.05) is 19.1 Å². The summed E-state index contributed by atoms with van der Waals surface area (Å²) in [7, 11) is 0. The van der Waals surface area contributed by atoms with Crippen LogP contribution in [0.15, 0.2) is 45.6 Å². The number of aromatic nitrogens is 3.